The van der Waals surface area contributed by atoms with Gasteiger partial charge in [0.15, 0.2) is 0 Å². The summed E-state index contributed by atoms with van der Waals surface area (Å²) in [5, 5.41) is 2.84. The van der Waals surface area contributed by atoms with Gasteiger partial charge in [0.1, 0.15) is 11.9 Å². The Balaban J connectivity index is 1.63. The van der Waals surface area contributed by atoms with E-state index >= 15 is 0 Å². The van der Waals surface area contributed by atoms with Crippen molar-refractivity contribution in [3.05, 3.63) is 30.1 Å². The van der Waals surface area contributed by atoms with Crippen LogP contribution < -0.4 is 5.32 Å². The topological polar surface area (TPSA) is 67.0 Å². The fourth-order valence-electron chi connectivity index (χ4n) is 2.16. The predicted molar refractivity (Wildman–Crippen MR) is 66.9 cm³/mol. The third kappa shape index (κ3) is 2.22. The molecule has 5 heteroatoms. The lowest BCUT2D eigenvalue weighted by Gasteiger charge is -2.08. The third-order valence-electron chi connectivity index (χ3n) is 3.09. The lowest BCUT2D eigenvalue weighted by atomic mass is 10.2. The fourth-order valence-corrected chi connectivity index (χ4v) is 2.16. The highest BCUT2D eigenvalue weighted by Crippen LogP contribution is 2.13. The number of imidazole rings is 1. The van der Waals surface area contributed by atoms with Gasteiger partial charge < -0.3 is 15.0 Å². The zero-order valence-electron chi connectivity index (χ0n) is 9.98. The van der Waals surface area contributed by atoms with Gasteiger partial charge in [-0.25, -0.2) is 4.98 Å². The Morgan fingerprint density at radius 2 is 2.39 bits per heavy atom. The van der Waals surface area contributed by atoms with Crippen LogP contribution in [0.1, 0.15) is 18.7 Å². The van der Waals surface area contributed by atoms with Crippen LogP contribution in [0.2, 0.25) is 0 Å². The zero-order valence-corrected chi connectivity index (χ0v) is 9.98. The van der Waals surface area contributed by atoms with Gasteiger partial charge in [-0.05, 0) is 25.0 Å². The van der Waals surface area contributed by atoms with Crippen LogP contribution in [0.25, 0.3) is 11.0 Å². The molecule has 0 aliphatic carbocycles. The number of nitrogens with zero attached hydrogens (tertiary/aromatic N) is 1. The van der Waals surface area contributed by atoms with Crippen molar-refractivity contribution in [1.82, 2.24) is 15.3 Å². The number of carbonyl (C=O) groups excluding carboxylic acids is 1. The number of para-hydroxylation sites is 2. The Kier molecular flexibility index (Phi) is 2.98. The maximum Gasteiger partial charge on any atom is 0.249 e. The molecule has 1 saturated heterocycles. The SMILES string of the molecule is O=C(NCc1nc2ccccc2[nH]1)[C@@H]1CCCO1. The molecule has 1 aliphatic heterocycles. The maximum absolute atomic E-state index is 11.8. The van der Waals surface area contributed by atoms with E-state index in [4.69, 9.17) is 4.74 Å². The summed E-state index contributed by atoms with van der Waals surface area (Å²) in [4.78, 5) is 19.3. The van der Waals surface area contributed by atoms with Gasteiger partial charge in [0.2, 0.25) is 5.91 Å². The molecule has 0 spiro atoms. The number of rotatable bonds is 3. The molecule has 0 saturated carbocycles. The summed E-state index contributed by atoms with van der Waals surface area (Å²) in [6.45, 7) is 1.09. The average molecular weight is 245 g/mol. The molecule has 1 amide bonds. The first kappa shape index (κ1) is 11.2. The van der Waals surface area contributed by atoms with E-state index in [1.54, 1.807) is 0 Å². The number of hydrogen-bond acceptors (Lipinski definition) is 3. The number of aromatic amines is 1. The summed E-state index contributed by atoms with van der Waals surface area (Å²) < 4.78 is 5.32. The molecule has 1 aromatic carbocycles. The van der Waals surface area contributed by atoms with Gasteiger partial charge in [0.25, 0.3) is 0 Å². The Morgan fingerprint density at radius 1 is 1.50 bits per heavy atom. The number of amides is 1. The molecule has 0 bridgehead atoms. The van der Waals surface area contributed by atoms with E-state index in [-0.39, 0.29) is 12.0 Å². The second-order valence-electron chi connectivity index (χ2n) is 4.42. The first-order valence-corrected chi connectivity index (χ1v) is 6.16. The number of hydrogen-bond donors (Lipinski definition) is 2. The van der Waals surface area contributed by atoms with Gasteiger partial charge in [0.05, 0.1) is 17.6 Å². The summed E-state index contributed by atoms with van der Waals surface area (Å²) in [5.74, 6) is 0.718. The van der Waals surface area contributed by atoms with Crippen LogP contribution in [0.5, 0.6) is 0 Å². The molecule has 1 aromatic heterocycles. The second kappa shape index (κ2) is 4.78. The van der Waals surface area contributed by atoms with E-state index in [0.29, 0.717) is 13.2 Å². The average Bonchev–Trinajstić information content (AvgIpc) is 3.04. The van der Waals surface area contributed by atoms with Gasteiger partial charge in [-0.15, -0.1) is 0 Å². The number of ether oxygens (including phenoxy) is 1. The number of aromatic nitrogens is 2. The number of nitrogens with one attached hydrogen (secondary N) is 2. The lowest BCUT2D eigenvalue weighted by Crippen LogP contribution is -2.33. The largest absolute Gasteiger partial charge is 0.368 e. The molecular formula is C13H15N3O2. The number of carbonyl (C=O) groups is 1. The van der Waals surface area contributed by atoms with Crippen LogP contribution in [0.3, 0.4) is 0 Å². The predicted octanol–water partition coefficient (Wildman–Crippen LogP) is 1.36. The van der Waals surface area contributed by atoms with E-state index in [1.807, 2.05) is 24.3 Å². The maximum atomic E-state index is 11.8. The lowest BCUT2D eigenvalue weighted by molar-refractivity contribution is -0.130. The Morgan fingerprint density at radius 3 is 3.17 bits per heavy atom. The van der Waals surface area contributed by atoms with Crippen LogP contribution in [0.4, 0.5) is 0 Å². The Labute approximate surface area is 105 Å². The molecule has 3 rings (SSSR count). The van der Waals surface area contributed by atoms with Gasteiger partial charge in [-0.1, -0.05) is 12.1 Å². The van der Waals surface area contributed by atoms with Crippen molar-refractivity contribution in [2.24, 2.45) is 0 Å². The van der Waals surface area contributed by atoms with E-state index in [9.17, 15) is 4.79 Å². The molecule has 0 unspecified atom stereocenters. The second-order valence-corrected chi connectivity index (χ2v) is 4.42. The van der Waals surface area contributed by atoms with E-state index < -0.39 is 0 Å². The molecule has 18 heavy (non-hydrogen) atoms. The molecule has 1 atom stereocenters. The fraction of sp³-hybridized carbons (Fsp3) is 0.385. The van der Waals surface area contributed by atoms with Crippen LogP contribution in [0, 0.1) is 0 Å². The van der Waals surface area contributed by atoms with Gasteiger partial charge >= 0.3 is 0 Å². The zero-order chi connectivity index (χ0) is 12.4. The quantitative estimate of drug-likeness (QED) is 0.858. The smallest absolute Gasteiger partial charge is 0.249 e. The van der Waals surface area contributed by atoms with Crippen LogP contribution in [-0.4, -0.2) is 28.6 Å². The summed E-state index contributed by atoms with van der Waals surface area (Å²) >= 11 is 0. The van der Waals surface area contributed by atoms with E-state index in [1.165, 1.54) is 0 Å². The summed E-state index contributed by atoms with van der Waals surface area (Å²) in [7, 11) is 0. The molecule has 2 aromatic rings. The standard InChI is InChI=1S/C13H15N3O2/c17-13(11-6-3-7-18-11)14-8-12-15-9-4-1-2-5-10(9)16-12/h1-2,4-5,11H,3,6-8H2,(H,14,17)(H,15,16)/t11-/m0/s1. The molecule has 5 nitrogen and oxygen atoms in total. The molecule has 2 heterocycles. The summed E-state index contributed by atoms with van der Waals surface area (Å²) in [6.07, 6.45) is 1.49. The highest BCUT2D eigenvalue weighted by Gasteiger charge is 2.23. The molecule has 0 radical (unpaired) electrons. The monoisotopic (exact) mass is 245 g/mol. The van der Waals surface area contributed by atoms with Crippen molar-refractivity contribution in [3.8, 4) is 0 Å². The first-order chi connectivity index (χ1) is 8.83. The number of fused-ring (bicyclic) bond motifs is 1. The van der Waals surface area contributed by atoms with Gasteiger partial charge in [-0.2, -0.15) is 0 Å². The summed E-state index contributed by atoms with van der Waals surface area (Å²) in [5.41, 5.74) is 1.90. The van der Waals surface area contributed by atoms with Gasteiger partial charge in [-0.3, -0.25) is 4.79 Å². The Hall–Kier alpha value is -1.88. The number of H-pyrrole nitrogens is 1. The van der Waals surface area contributed by atoms with E-state index in [2.05, 4.69) is 15.3 Å². The van der Waals surface area contributed by atoms with Gasteiger partial charge in [0, 0.05) is 6.61 Å². The van der Waals surface area contributed by atoms with Crippen molar-refractivity contribution in [1.29, 1.82) is 0 Å². The van der Waals surface area contributed by atoms with Crippen molar-refractivity contribution >= 4 is 16.9 Å². The highest BCUT2D eigenvalue weighted by atomic mass is 16.5. The van der Waals surface area contributed by atoms with Crippen LogP contribution >= 0.6 is 0 Å². The minimum Gasteiger partial charge on any atom is -0.368 e. The highest BCUT2D eigenvalue weighted by molar-refractivity contribution is 5.81. The molecule has 1 aliphatic rings. The van der Waals surface area contributed by atoms with E-state index in [0.717, 1.165) is 29.7 Å². The molecule has 1 fully saturated rings. The molecular weight excluding hydrogens is 230 g/mol. The minimum atomic E-state index is -0.283. The minimum absolute atomic E-state index is 0.0482. The first-order valence-electron chi connectivity index (χ1n) is 6.16. The van der Waals surface area contributed by atoms with Crippen molar-refractivity contribution in [2.45, 2.75) is 25.5 Å². The van der Waals surface area contributed by atoms with Crippen molar-refractivity contribution in [3.63, 3.8) is 0 Å². The van der Waals surface area contributed by atoms with Crippen molar-refractivity contribution < 1.29 is 9.53 Å². The molecule has 94 valence electrons. The van der Waals surface area contributed by atoms with Crippen LogP contribution in [-0.2, 0) is 16.1 Å². The number of benzene rings is 1. The summed E-state index contributed by atoms with van der Waals surface area (Å²) in [6, 6.07) is 7.80. The Bertz CT molecular complexity index is 525. The molecule has 2 N–H and O–H groups in total. The van der Waals surface area contributed by atoms with Crippen LogP contribution in [0.15, 0.2) is 24.3 Å². The third-order valence-corrected chi connectivity index (χ3v) is 3.09. The normalized spacial score (nSPS) is 19.2. The van der Waals surface area contributed by atoms with Crippen molar-refractivity contribution in [2.75, 3.05) is 6.61 Å².